The van der Waals surface area contributed by atoms with E-state index in [0.29, 0.717) is 23.9 Å². The van der Waals surface area contributed by atoms with Crippen LogP contribution in [0.25, 0.3) is 0 Å². The molecule has 0 aliphatic carbocycles. The first-order valence-corrected chi connectivity index (χ1v) is 7.78. The fourth-order valence-corrected chi connectivity index (χ4v) is 2.58. The van der Waals surface area contributed by atoms with E-state index in [1.807, 2.05) is 0 Å². The van der Waals surface area contributed by atoms with Crippen LogP contribution >= 0.6 is 11.6 Å². The third kappa shape index (κ3) is 3.72. The molecule has 0 radical (unpaired) electrons. The lowest BCUT2D eigenvalue weighted by atomic mass is 10.2. The molecule has 1 aliphatic heterocycles. The second kappa shape index (κ2) is 6.57. The Hall–Kier alpha value is -1.10. The molecule has 2 heterocycles. The summed E-state index contributed by atoms with van der Waals surface area (Å²) in [7, 11) is 0. The van der Waals surface area contributed by atoms with E-state index < -0.39 is 0 Å². The van der Waals surface area contributed by atoms with Crippen LogP contribution < -0.4 is 9.80 Å². The molecule has 0 saturated carbocycles. The summed E-state index contributed by atoms with van der Waals surface area (Å²) in [5, 5.41) is 0.284. The number of nitrogens with zero attached hydrogens (tertiary/aromatic N) is 5. The largest absolute Gasteiger partial charge is 0.341 e. The molecular weight excluding hydrogens is 274 g/mol. The summed E-state index contributed by atoms with van der Waals surface area (Å²) >= 11 is 6.10. The molecule has 0 amide bonds. The predicted octanol–water partition coefficient (Wildman–Crippen LogP) is 3.00. The van der Waals surface area contributed by atoms with E-state index in [4.69, 9.17) is 11.6 Å². The third-order valence-electron chi connectivity index (χ3n) is 3.42. The highest BCUT2D eigenvalue weighted by atomic mass is 35.5. The maximum absolute atomic E-state index is 6.10. The molecule has 0 N–H and O–H groups in total. The van der Waals surface area contributed by atoms with Crippen LogP contribution in [0.1, 0.15) is 40.5 Å². The Morgan fingerprint density at radius 1 is 1.10 bits per heavy atom. The van der Waals surface area contributed by atoms with Gasteiger partial charge in [-0.05, 0) is 44.2 Å². The van der Waals surface area contributed by atoms with Crippen molar-refractivity contribution in [3.8, 4) is 0 Å². The highest BCUT2D eigenvalue weighted by Gasteiger charge is 2.21. The Bertz CT molecular complexity index is 443. The summed E-state index contributed by atoms with van der Waals surface area (Å²) in [5.74, 6) is 1.95. The van der Waals surface area contributed by atoms with Gasteiger partial charge in [0.05, 0.1) is 0 Å². The van der Waals surface area contributed by atoms with E-state index in [2.05, 4.69) is 52.4 Å². The molecule has 0 aromatic carbocycles. The fourth-order valence-electron chi connectivity index (χ4n) is 2.43. The van der Waals surface area contributed by atoms with Crippen LogP contribution in [0.5, 0.6) is 0 Å². The second-order valence-corrected chi connectivity index (χ2v) is 6.38. The SMILES string of the molecule is CC(C)CN(c1nc(Cl)nc(N2CCCC2)n1)C(C)C. The molecule has 6 heteroatoms. The van der Waals surface area contributed by atoms with Gasteiger partial charge in [-0.2, -0.15) is 15.0 Å². The van der Waals surface area contributed by atoms with Crippen molar-refractivity contribution in [3.63, 3.8) is 0 Å². The van der Waals surface area contributed by atoms with Gasteiger partial charge >= 0.3 is 0 Å². The standard InChI is InChI=1S/C14H24ClN5/c1-10(2)9-20(11(3)4)14-17-12(15)16-13(18-14)19-7-5-6-8-19/h10-11H,5-9H2,1-4H3. The number of hydrogen-bond acceptors (Lipinski definition) is 5. The topological polar surface area (TPSA) is 45.2 Å². The van der Waals surface area contributed by atoms with Crippen LogP contribution in [-0.4, -0.2) is 40.6 Å². The van der Waals surface area contributed by atoms with Crippen molar-refractivity contribution in [1.82, 2.24) is 15.0 Å². The van der Waals surface area contributed by atoms with Gasteiger partial charge in [-0.1, -0.05) is 13.8 Å². The molecule has 0 spiro atoms. The molecule has 5 nitrogen and oxygen atoms in total. The van der Waals surface area contributed by atoms with Crippen LogP contribution in [0.15, 0.2) is 0 Å². The minimum absolute atomic E-state index is 0.284. The smallest absolute Gasteiger partial charge is 0.231 e. The number of aromatic nitrogens is 3. The molecule has 0 bridgehead atoms. The third-order valence-corrected chi connectivity index (χ3v) is 3.58. The van der Waals surface area contributed by atoms with Gasteiger partial charge in [0.2, 0.25) is 17.2 Å². The molecule has 1 aliphatic rings. The van der Waals surface area contributed by atoms with Crippen LogP contribution in [-0.2, 0) is 0 Å². The van der Waals surface area contributed by atoms with Gasteiger partial charge in [-0.3, -0.25) is 0 Å². The zero-order valence-corrected chi connectivity index (χ0v) is 13.6. The van der Waals surface area contributed by atoms with Gasteiger partial charge in [-0.15, -0.1) is 0 Å². The Morgan fingerprint density at radius 2 is 1.75 bits per heavy atom. The van der Waals surface area contributed by atoms with Crippen molar-refractivity contribution < 1.29 is 0 Å². The lowest BCUT2D eigenvalue weighted by Crippen LogP contribution is -2.36. The Morgan fingerprint density at radius 3 is 2.30 bits per heavy atom. The van der Waals surface area contributed by atoms with E-state index in [1.165, 1.54) is 12.8 Å². The summed E-state index contributed by atoms with van der Waals surface area (Å²) in [4.78, 5) is 17.6. The van der Waals surface area contributed by atoms with Crippen LogP contribution in [0, 0.1) is 5.92 Å². The van der Waals surface area contributed by atoms with Crippen molar-refractivity contribution in [3.05, 3.63) is 5.28 Å². The quantitative estimate of drug-likeness (QED) is 0.836. The first-order valence-electron chi connectivity index (χ1n) is 7.40. The summed E-state index contributed by atoms with van der Waals surface area (Å²) in [5.41, 5.74) is 0. The summed E-state index contributed by atoms with van der Waals surface area (Å²) in [6, 6.07) is 0.335. The zero-order chi connectivity index (χ0) is 14.7. The number of hydrogen-bond donors (Lipinski definition) is 0. The van der Waals surface area contributed by atoms with E-state index in [9.17, 15) is 0 Å². The Balaban J connectivity index is 2.29. The maximum Gasteiger partial charge on any atom is 0.231 e. The fraction of sp³-hybridized carbons (Fsp3) is 0.786. The van der Waals surface area contributed by atoms with Gasteiger partial charge in [0, 0.05) is 25.7 Å². The minimum atomic E-state index is 0.284. The summed E-state index contributed by atoms with van der Waals surface area (Å²) < 4.78 is 0. The van der Waals surface area contributed by atoms with Gasteiger partial charge in [0.1, 0.15) is 0 Å². The Labute approximate surface area is 126 Å². The first kappa shape index (κ1) is 15.3. The molecular formula is C14H24ClN5. The lowest BCUT2D eigenvalue weighted by molar-refractivity contribution is 0.559. The summed E-state index contributed by atoms with van der Waals surface area (Å²) in [6.45, 7) is 11.6. The lowest BCUT2D eigenvalue weighted by Gasteiger charge is -2.29. The maximum atomic E-state index is 6.10. The molecule has 1 saturated heterocycles. The number of anilines is 2. The number of halogens is 1. The second-order valence-electron chi connectivity index (χ2n) is 6.04. The minimum Gasteiger partial charge on any atom is -0.341 e. The number of rotatable bonds is 5. The average molecular weight is 298 g/mol. The van der Waals surface area contributed by atoms with Crippen LogP contribution in [0.3, 0.4) is 0 Å². The molecule has 1 aromatic rings. The van der Waals surface area contributed by atoms with Gasteiger partial charge < -0.3 is 9.80 Å². The Kier molecular flexibility index (Phi) is 5.02. The van der Waals surface area contributed by atoms with Crippen molar-refractivity contribution in [1.29, 1.82) is 0 Å². The van der Waals surface area contributed by atoms with Crippen molar-refractivity contribution in [2.24, 2.45) is 5.92 Å². The highest BCUT2D eigenvalue weighted by molar-refractivity contribution is 6.28. The molecule has 0 unspecified atom stereocenters. The van der Waals surface area contributed by atoms with Crippen molar-refractivity contribution >= 4 is 23.5 Å². The molecule has 112 valence electrons. The zero-order valence-electron chi connectivity index (χ0n) is 12.8. The molecule has 20 heavy (non-hydrogen) atoms. The van der Waals surface area contributed by atoms with Crippen molar-refractivity contribution in [2.75, 3.05) is 29.4 Å². The van der Waals surface area contributed by atoms with E-state index in [-0.39, 0.29) is 5.28 Å². The summed E-state index contributed by atoms with van der Waals surface area (Å²) in [6.07, 6.45) is 2.39. The highest BCUT2D eigenvalue weighted by Crippen LogP contribution is 2.22. The van der Waals surface area contributed by atoms with Gasteiger partial charge in [0.25, 0.3) is 0 Å². The van der Waals surface area contributed by atoms with Crippen LogP contribution in [0.2, 0.25) is 5.28 Å². The first-order chi connectivity index (χ1) is 9.47. The normalized spacial score (nSPS) is 15.4. The molecule has 2 rings (SSSR count). The molecule has 0 atom stereocenters. The van der Waals surface area contributed by atoms with Gasteiger partial charge in [-0.25, -0.2) is 0 Å². The molecule has 1 aromatic heterocycles. The van der Waals surface area contributed by atoms with Gasteiger partial charge in [0.15, 0.2) is 0 Å². The predicted molar refractivity (Wildman–Crippen MR) is 83.6 cm³/mol. The van der Waals surface area contributed by atoms with E-state index >= 15 is 0 Å². The van der Waals surface area contributed by atoms with Crippen molar-refractivity contribution in [2.45, 2.75) is 46.6 Å². The van der Waals surface area contributed by atoms with E-state index in [0.717, 1.165) is 19.6 Å². The van der Waals surface area contributed by atoms with Crippen LogP contribution in [0.4, 0.5) is 11.9 Å². The molecule has 1 fully saturated rings. The average Bonchev–Trinajstić information content (AvgIpc) is 2.88. The van der Waals surface area contributed by atoms with E-state index in [1.54, 1.807) is 0 Å². The monoisotopic (exact) mass is 297 g/mol.